The molecule has 0 N–H and O–H groups in total. The van der Waals surface area contributed by atoms with Gasteiger partial charge in [-0.2, -0.15) is 10.2 Å². The smallest absolute Gasteiger partial charge is 0.0496 e. The maximum absolute atomic E-state index is 3.72. The first kappa shape index (κ1) is 8.26. The number of hydrogen-bond donors (Lipinski definition) is 0. The summed E-state index contributed by atoms with van der Waals surface area (Å²) >= 11 is 0. The molecule has 0 aliphatic carbocycles. The highest BCUT2D eigenvalue weighted by molar-refractivity contribution is 4.79. The van der Waals surface area contributed by atoms with Crippen molar-refractivity contribution in [1.82, 2.24) is 20.2 Å². The van der Waals surface area contributed by atoms with Crippen LogP contribution >= 0.6 is 0 Å². The van der Waals surface area contributed by atoms with Crippen LogP contribution in [0.5, 0.6) is 0 Å². The topological polar surface area (TPSA) is 51.6 Å². The summed E-state index contributed by atoms with van der Waals surface area (Å²) in [6.07, 6.45) is 9.83. The van der Waals surface area contributed by atoms with E-state index >= 15 is 0 Å². The molecule has 4 heteroatoms. The quantitative estimate of drug-likeness (QED) is 0.575. The van der Waals surface area contributed by atoms with Crippen molar-refractivity contribution in [3.05, 3.63) is 49.3 Å². The van der Waals surface area contributed by atoms with E-state index < -0.39 is 0 Å². The molecule has 12 heavy (non-hydrogen) atoms. The van der Waals surface area contributed by atoms with Crippen LogP contribution in [0.1, 0.15) is 0 Å². The summed E-state index contributed by atoms with van der Waals surface area (Å²) in [6.45, 7) is 0. The lowest BCUT2D eigenvalue weighted by molar-refractivity contribution is 1.03. The van der Waals surface area contributed by atoms with Crippen LogP contribution in [-0.2, 0) is 0 Å². The Kier molecular flexibility index (Phi) is 4.07. The standard InChI is InChI=1S/2C4H4N2/c1-2-6-4-3-5-1;1-2-4-6-5-3-1/h2*1-4H. The average Bonchev–Trinajstić information content (AvgIpc) is 2.24. The predicted molar refractivity (Wildman–Crippen MR) is 44.1 cm³/mol. The van der Waals surface area contributed by atoms with E-state index in [1.807, 2.05) is 12.1 Å². The molecule has 0 amide bonds. The molecular weight excluding hydrogens is 152 g/mol. The Balaban J connectivity index is 0.000000120. The molecule has 60 valence electrons. The van der Waals surface area contributed by atoms with E-state index in [2.05, 4.69) is 20.2 Å². The van der Waals surface area contributed by atoms with E-state index in [4.69, 9.17) is 0 Å². The predicted octanol–water partition coefficient (Wildman–Crippen LogP) is 0.953. The Bertz CT molecular complexity index is 186. The molecule has 2 rings (SSSR count). The average molecular weight is 160 g/mol. The molecular formula is C8H8N4. The Labute approximate surface area is 70.3 Å². The molecule has 0 radical (unpaired) electrons. The van der Waals surface area contributed by atoms with Crippen molar-refractivity contribution in [3.8, 4) is 0 Å². The minimum Gasteiger partial charge on any atom is -0.262 e. The largest absolute Gasteiger partial charge is 0.262 e. The van der Waals surface area contributed by atoms with Crippen LogP contribution in [0.2, 0.25) is 0 Å². The zero-order valence-electron chi connectivity index (χ0n) is 6.41. The molecule has 0 aliphatic rings. The maximum atomic E-state index is 3.72. The fourth-order valence-electron chi connectivity index (χ4n) is 0.507. The fourth-order valence-corrected chi connectivity index (χ4v) is 0.507. The third-order valence-electron chi connectivity index (χ3n) is 0.961. The van der Waals surface area contributed by atoms with Gasteiger partial charge >= 0.3 is 0 Å². The molecule has 0 aliphatic heterocycles. The van der Waals surface area contributed by atoms with Crippen molar-refractivity contribution >= 4 is 0 Å². The fraction of sp³-hybridized carbons (Fsp3) is 0. The van der Waals surface area contributed by atoms with E-state index in [1.54, 1.807) is 37.2 Å². The summed E-state index contributed by atoms with van der Waals surface area (Å²) in [5.41, 5.74) is 0. The van der Waals surface area contributed by atoms with Crippen molar-refractivity contribution in [1.29, 1.82) is 0 Å². The molecule has 4 nitrogen and oxygen atoms in total. The highest BCUT2D eigenvalue weighted by atomic mass is 15.1. The zero-order chi connectivity index (χ0) is 8.49. The molecule has 0 spiro atoms. The van der Waals surface area contributed by atoms with Gasteiger partial charge in [0.15, 0.2) is 0 Å². The van der Waals surface area contributed by atoms with Gasteiger partial charge < -0.3 is 0 Å². The number of rotatable bonds is 0. The third kappa shape index (κ3) is 4.05. The van der Waals surface area contributed by atoms with E-state index in [0.29, 0.717) is 0 Å². The van der Waals surface area contributed by atoms with Gasteiger partial charge in [0.25, 0.3) is 0 Å². The first-order valence-corrected chi connectivity index (χ1v) is 3.42. The van der Waals surface area contributed by atoms with Gasteiger partial charge in [-0.3, -0.25) is 9.97 Å². The van der Waals surface area contributed by atoms with Crippen LogP contribution < -0.4 is 0 Å². The van der Waals surface area contributed by atoms with Crippen LogP contribution in [0.3, 0.4) is 0 Å². The van der Waals surface area contributed by atoms with Gasteiger partial charge in [0.1, 0.15) is 0 Å². The molecule has 2 aromatic heterocycles. The molecule has 2 aromatic rings. The van der Waals surface area contributed by atoms with Gasteiger partial charge in [-0.15, -0.1) is 0 Å². The van der Waals surface area contributed by atoms with Crippen molar-refractivity contribution in [3.63, 3.8) is 0 Å². The van der Waals surface area contributed by atoms with Crippen molar-refractivity contribution in [2.75, 3.05) is 0 Å². The first-order chi connectivity index (χ1) is 6.00. The third-order valence-corrected chi connectivity index (χ3v) is 0.961. The molecule has 0 aromatic carbocycles. The SMILES string of the molecule is c1ccnnc1.c1cnccn1. The maximum Gasteiger partial charge on any atom is 0.0496 e. The van der Waals surface area contributed by atoms with Crippen molar-refractivity contribution < 1.29 is 0 Å². The lowest BCUT2D eigenvalue weighted by Crippen LogP contribution is -1.69. The summed E-state index contributed by atoms with van der Waals surface area (Å²) in [5.74, 6) is 0. The molecule has 2 heterocycles. The normalized spacial score (nSPS) is 8.00. The van der Waals surface area contributed by atoms with E-state index in [9.17, 15) is 0 Å². The number of nitrogens with zero attached hydrogens (tertiary/aromatic N) is 4. The van der Waals surface area contributed by atoms with E-state index in [-0.39, 0.29) is 0 Å². The van der Waals surface area contributed by atoms with Gasteiger partial charge in [-0.05, 0) is 12.1 Å². The van der Waals surface area contributed by atoms with Crippen LogP contribution in [-0.4, -0.2) is 20.2 Å². The second-order valence-electron chi connectivity index (χ2n) is 1.81. The van der Waals surface area contributed by atoms with Gasteiger partial charge in [-0.25, -0.2) is 0 Å². The van der Waals surface area contributed by atoms with Crippen LogP contribution in [0.25, 0.3) is 0 Å². The second-order valence-corrected chi connectivity index (χ2v) is 1.81. The van der Waals surface area contributed by atoms with Gasteiger partial charge in [0.2, 0.25) is 0 Å². The van der Waals surface area contributed by atoms with E-state index in [1.165, 1.54) is 0 Å². The summed E-state index contributed by atoms with van der Waals surface area (Å²) in [4.78, 5) is 7.44. The molecule has 0 fully saturated rings. The van der Waals surface area contributed by atoms with Crippen molar-refractivity contribution in [2.24, 2.45) is 0 Å². The second kappa shape index (κ2) is 5.91. The Morgan fingerprint density at radius 2 is 0.917 bits per heavy atom. The number of hydrogen-bond acceptors (Lipinski definition) is 4. The highest BCUT2D eigenvalue weighted by Gasteiger charge is 1.60. The molecule has 0 saturated heterocycles. The molecule has 0 bridgehead atoms. The summed E-state index contributed by atoms with van der Waals surface area (Å²) < 4.78 is 0. The Morgan fingerprint density at radius 1 is 0.500 bits per heavy atom. The van der Waals surface area contributed by atoms with Crippen LogP contribution in [0.4, 0.5) is 0 Å². The van der Waals surface area contributed by atoms with Crippen LogP contribution in [0.15, 0.2) is 49.3 Å². The zero-order valence-corrected chi connectivity index (χ0v) is 6.41. The molecule has 0 atom stereocenters. The lowest BCUT2D eigenvalue weighted by atomic mass is 10.6. The lowest BCUT2D eigenvalue weighted by Gasteiger charge is -1.70. The van der Waals surface area contributed by atoms with Gasteiger partial charge in [0, 0.05) is 37.2 Å². The first-order valence-electron chi connectivity index (χ1n) is 3.42. The highest BCUT2D eigenvalue weighted by Crippen LogP contribution is 1.68. The van der Waals surface area contributed by atoms with Gasteiger partial charge in [0.05, 0.1) is 0 Å². The van der Waals surface area contributed by atoms with Crippen molar-refractivity contribution in [2.45, 2.75) is 0 Å². The van der Waals surface area contributed by atoms with E-state index in [0.717, 1.165) is 0 Å². The molecule has 0 unspecified atom stereocenters. The molecule has 0 saturated carbocycles. The van der Waals surface area contributed by atoms with Gasteiger partial charge in [-0.1, -0.05) is 0 Å². The number of aromatic nitrogens is 4. The minimum absolute atomic E-state index is 1.64. The Hall–Kier alpha value is -1.84. The summed E-state index contributed by atoms with van der Waals surface area (Å²) in [7, 11) is 0. The van der Waals surface area contributed by atoms with Crippen LogP contribution in [0, 0.1) is 0 Å². The monoisotopic (exact) mass is 160 g/mol. The summed E-state index contributed by atoms with van der Waals surface area (Å²) in [5, 5.41) is 7.07. The Morgan fingerprint density at radius 3 is 1.08 bits per heavy atom. The summed E-state index contributed by atoms with van der Waals surface area (Å²) in [6, 6.07) is 3.65. The minimum atomic E-state index is 1.64.